The molecule has 0 heterocycles. The molecule has 0 saturated carbocycles. The van der Waals surface area contributed by atoms with Crippen LogP contribution >= 0.6 is 11.8 Å². The van der Waals surface area contributed by atoms with Crippen LogP contribution in [0.25, 0.3) is 0 Å². The summed E-state index contributed by atoms with van der Waals surface area (Å²) in [6.07, 6.45) is 3.00. The molecule has 0 radical (unpaired) electrons. The van der Waals surface area contributed by atoms with Crippen LogP contribution < -0.4 is 5.32 Å². The summed E-state index contributed by atoms with van der Waals surface area (Å²) < 4.78 is 0. The predicted octanol–water partition coefficient (Wildman–Crippen LogP) is 1.88. The Hall–Kier alpha value is -1.16. The van der Waals surface area contributed by atoms with Crippen molar-refractivity contribution in [3.63, 3.8) is 0 Å². The number of nitrogens with one attached hydrogen (secondary N) is 1. The fourth-order valence-corrected chi connectivity index (χ4v) is 1.60. The van der Waals surface area contributed by atoms with Crippen molar-refractivity contribution in [1.29, 1.82) is 0 Å². The molecule has 1 amide bonds. The van der Waals surface area contributed by atoms with Gasteiger partial charge in [0.15, 0.2) is 0 Å². The number of amides is 1. The number of carbonyl (C=O) groups is 1. The van der Waals surface area contributed by atoms with Crippen molar-refractivity contribution < 1.29 is 9.90 Å². The Morgan fingerprint density at radius 3 is 3.00 bits per heavy atom. The van der Waals surface area contributed by atoms with E-state index in [9.17, 15) is 9.90 Å². The van der Waals surface area contributed by atoms with E-state index in [1.807, 2.05) is 6.26 Å². The van der Waals surface area contributed by atoms with Crippen molar-refractivity contribution in [3.05, 3.63) is 29.8 Å². The number of rotatable bonds is 5. The van der Waals surface area contributed by atoms with Gasteiger partial charge in [-0.25, -0.2) is 0 Å². The molecule has 1 rings (SSSR count). The van der Waals surface area contributed by atoms with E-state index in [0.717, 1.165) is 12.2 Å². The monoisotopic (exact) mass is 225 g/mol. The van der Waals surface area contributed by atoms with Crippen LogP contribution in [0.3, 0.4) is 0 Å². The van der Waals surface area contributed by atoms with E-state index >= 15 is 0 Å². The van der Waals surface area contributed by atoms with Gasteiger partial charge in [0.05, 0.1) is 0 Å². The quantitative estimate of drug-likeness (QED) is 0.752. The molecule has 0 aliphatic carbocycles. The lowest BCUT2D eigenvalue weighted by atomic mass is 10.2. The molecule has 0 unspecified atom stereocenters. The van der Waals surface area contributed by atoms with Crippen molar-refractivity contribution >= 4 is 17.7 Å². The number of hydrogen-bond donors (Lipinski definition) is 2. The fourth-order valence-electron chi connectivity index (χ4n) is 1.17. The van der Waals surface area contributed by atoms with Crippen LogP contribution in [0.2, 0.25) is 0 Å². The Kier molecular flexibility index (Phi) is 5.04. The number of aromatic hydroxyl groups is 1. The topological polar surface area (TPSA) is 49.3 Å². The number of hydrogen-bond acceptors (Lipinski definition) is 3. The number of phenols is 1. The number of benzene rings is 1. The first kappa shape index (κ1) is 11.9. The maximum Gasteiger partial charge on any atom is 0.251 e. The van der Waals surface area contributed by atoms with E-state index in [0.29, 0.717) is 12.1 Å². The molecule has 0 aliphatic rings. The second-order valence-corrected chi connectivity index (χ2v) is 4.14. The summed E-state index contributed by atoms with van der Waals surface area (Å²) in [6, 6.07) is 6.35. The molecule has 0 fully saturated rings. The minimum atomic E-state index is -0.132. The van der Waals surface area contributed by atoms with Gasteiger partial charge in [-0.15, -0.1) is 0 Å². The minimum absolute atomic E-state index is 0.117. The molecule has 2 N–H and O–H groups in total. The normalized spacial score (nSPS) is 9.93. The maximum absolute atomic E-state index is 11.5. The molecule has 1 aromatic rings. The second kappa shape index (κ2) is 6.35. The molecule has 4 heteroatoms. The Morgan fingerprint density at radius 1 is 1.53 bits per heavy atom. The highest BCUT2D eigenvalue weighted by atomic mass is 32.2. The Labute approximate surface area is 93.9 Å². The average molecular weight is 225 g/mol. The summed E-state index contributed by atoms with van der Waals surface area (Å²) in [5.74, 6) is 1.03. The standard InChI is InChI=1S/C11H15NO2S/c1-15-7-3-6-12-11(14)9-4-2-5-10(13)8-9/h2,4-5,8,13H,3,6-7H2,1H3,(H,12,14). The highest BCUT2D eigenvalue weighted by Gasteiger charge is 2.04. The summed E-state index contributed by atoms with van der Waals surface area (Å²) in [4.78, 5) is 11.5. The smallest absolute Gasteiger partial charge is 0.251 e. The van der Waals surface area contributed by atoms with Gasteiger partial charge < -0.3 is 10.4 Å². The third-order valence-corrected chi connectivity index (χ3v) is 2.62. The zero-order valence-corrected chi connectivity index (χ0v) is 9.51. The molecule has 3 nitrogen and oxygen atoms in total. The predicted molar refractivity (Wildman–Crippen MR) is 63.4 cm³/mol. The van der Waals surface area contributed by atoms with E-state index in [1.54, 1.807) is 30.0 Å². The van der Waals surface area contributed by atoms with E-state index in [4.69, 9.17) is 0 Å². The van der Waals surface area contributed by atoms with Crippen LogP contribution in [0.5, 0.6) is 5.75 Å². The number of thioether (sulfide) groups is 1. The Bertz CT molecular complexity index is 328. The highest BCUT2D eigenvalue weighted by Crippen LogP contribution is 2.10. The van der Waals surface area contributed by atoms with Crippen LogP contribution in [0, 0.1) is 0 Å². The van der Waals surface area contributed by atoms with Crippen molar-refractivity contribution in [2.45, 2.75) is 6.42 Å². The van der Waals surface area contributed by atoms with E-state index in [1.165, 1.54) is 6.07 Å². The van der Waals surface area contributed by atoms with Crippen molar-refractivity contribution in [2.24, 2.45) is 0 Å². The van der Waals surface area contributed by atoms with E-state index in [-0.39, 0.29) is 11.7 Å². The van der Waals surface area contributed by atoms with Crippen LogP contribution in [-0.4, -0.2) is 29.6 Å². The molecule has 0 atom stereocenters. The van der Waals surface area contributed by atoms with Crippen molar-refractivity contribution in [2.75, 3.05) is 18.6 Å². The van der Waals surface area contributed by atoms with Gasteiger partial charge in [-0.1, -0.05) is 6.07 Å². The van der Waals surface area contributed by atoms with Gasteiger partial charge in [0.25, 0.3) is 5.91 Å². The molecule has 0 bridgehead atoms. The lowest BCUT2D eigenvalue weighted by Gasteiger charge is -2.04. The molecule has 0 saturated heterocycles. The fraction of sp³-hybridized carbons (Fsp3) is 0.364. The van der Waals surface area contributed by atoms with Gasteiger partial charge in [-0.3, -0.25) is 4.79 Å². The maximum atomic E-state index is 11.5. The van der Waals surface area contributed by atoms with Crippen LogP contribution in [0.15, 0.2) is 24.3 Å². The van der Waals surface area contributed by atoms with Crippen LogP contribution in [0.4, 0.5) is 0 Å². The number of carbonyl (C=O) groups excluding carboxylic acids is 1. The molecule has 82 valence electrons. The molecular weight excluding hydrogens is 210 g/mol. The van der Waals surface area contributed by atoms with Crippen LogP contribution in [0.1, 0.15) is 16.8 Å². The molecule has 15 heavy (non-hydrogen) atoms. The zero-order chi connectivity index (χ0) is 11.1. The average Bonchev–Trinajstić information content (AvgIpc) is 2.24. The molecule has 1 aromatic carbocycles. The lowest BCUT2D eigenvalue weighted by Crippen LogP contribution is -2.24. The molecular formula is C11H15NO2S. The zero-order valence-electron chi connectivity index (χ0n) is 8.69. The first-order chi connectivity index (χ1) is 7.24. The first-order valence-electron chi connectivity index (χ1n) is 4.80. The molecule has 0 aliphatic heterocycles. The largest absolute Gasteiger partial charge is 0.508 e. The van der Waals surface area contributed by atoms with Gasteiger partial charge >= 0.3 is 0 Å². The van der Waals surface area contributed by atoms with Gasteiger partial charge in [0.1, 0.15) is 5.75 Å². The highest BCUT2D eigenvalue weighted by molar-refractivity contribution is 7.98. The summed E-state index contributed by atoms with van der Waals surface area (Å²) >= 11 is 1.76. The molecule has 0 aromatic heterocycles. The third-order valence-electron chi connectivity index (χ3n) is 1.92. The van der Waals surface area contributed by atoms with Gasteiger partial charge in [0.2, 0.25) is 0 Å². The van der Waals surface area contributed by atoms with Crippen molar-refractivity contribution in [3.8, 4) is 5.75 Å². The Morgan fingerprint density at radius 2 is 2.33 bits per heavy atom. The first-order valence-corrected chi connectivity index (χ1v) is 6.19. The molecule has 0 spiro atoms. The van der Waals surface area contributed by atoms with Gasteiger partial charge in [-0.2, -0.15) is 11.8 Å². The summed E-state index contributed by atoms with van der Waals surface area (Å²) in [6.45, 7) is 0.676. The van der Waals surface area contributed by atoms with Crippen LogP contribution in [-0.2, 0) is 0 Å². The van der Waals surface area contributed by atoms with Gasteiger partial charge in [-0.05, 0) is 36.6 Å². The minimum Gasteiger partial charge on any atom is -0.508 e. The Balaban J connectivity index is 2.40. The van der Waals surface area contributed by atoms with Gasteiger partial charge in [0, 0.05) is 12.1 Å². The second-order valence-electron chi connectivity index (χ2n) is 3.15. The summed E-state index contributed by atoms with van der Waals surface area (Å²) in [7, 11) is 0. The summed E-state index contributed by atoms with van der Waals surface area (Å²) in [5.41, 5.74) is 0.499. The van der Waals surface area contributed by atoms with Crippen molar-refractivity contribution in [1.82, 2.24) is 5.32 Å². The van der Waals surface area contributed by atoms with E-state index in [2.05, 4.69) is 5.32 Å². The third kappa shape index (κ3) is 4.25. The summed E-state index contributed by atoms with van der Waals surface area (Å²) in [5, 5.41) is 12.0. The number of phenolic OH excluding ortho intramolecular Hbond substituents is 1. The SMILES string of the molecule is CSCCCNC(=O)c1cccc(O)c1. The van der Waals surface area contributed by atoms with E-state index < -0.39 is 0 Å². The lowest BCUT2D eigenvalue weighted by molar-refractivity contribution is 0.0953.